The van der Waals surface area contributed by atoms with E-state index in [0.29, 0.717) is 15.6 Å². The van der Waals surface area contributed by atoms with Crippen LogP contribution in [0.25, 0.3) is 0 Å². The molecule has 0 aliphatic rings. The van der Waals surface area contributed by atoms with Crippen molar-refractivity contribution in [3.05, 3.63) is 63.1 Å². The van der Waals surface area contributed by atoms with Crippen LogP contribution in [0.4, 0.5) is 5.69 Å². The molecule has 0 aliphatic carbocycles. The van der Waals surface area contributed by atoms with E-state index >= 15 is 0 Å². The first-order valence-corrected chi connectivity index (χ1v) is 13.1. The summed E-state index contributed by atoms with van der Waals surface area (Å²) in [6.45, 7) is 4.66. The van der Waals surface area contributed by atoms with Crippen molar-refractivity contribution in [1.82, 2.24) is 10.2 Å². The van der Waals surface area contributed by atoms with E-state index in [4.69, 9.17) is 34.8 Å². The maximum absolute atomic E-state index is 13.4. The Hall–Kier alpha value is -2.00. The number of hydrogen-bond donors (Lipinski definition) is 1. The van der Waals surface area contributed by atoms with Crippen LogP contribution in [-0.2, 0) is 26.2 Å². The predicted molar refractivity (Wildman–Crippen MR) is 133 cm³/mol. The van der Waals surface area contributed by atoms with Crippen LogP contribution in [0.1, 0.15) is 26.3 Å². The minimum Gasteiger partial charge on any atom is -0.352 e. The SMILES string of the molecule is CC(C)NC(=O)[C@H](C)N(Cc1ccc(Cl)c(Cl)c1)C(=O)CN(c1ccccc1Cl)S(C)(=O)=O. The molecule has 2 rings (SSSR count). The Morgan fingerprint density at radius 1 is 0.970 bits per heavy atom. The topological polar surface area (TPSA) is 86.8 Å². The Morgan fingerprint density at radius 3 is 2.15 bits per heavy atom. The highest BCUT2D eigenvalue weighted by atomic mass is 35.5. The average molecular weight is 535 g/mol. The fourth-order valence-corrected chi connectivity index (χ4v) is 4.54. The third-order valence-corrected chi connectivity index (χ3v) is 6.92. The normalized spacial score (nSPS) is 12.4. The number of anilines is 1. The summed E-state index contributed by atoms with van der Waals surface area (Å²) in [4.78, 5) is 27.4. The molecular weight excluding hydrogens is 509 g/mol. The second-order valence-electron chi connectivity index (χ2n) is 7.83. The smallest absolute Gasteiger partial charge is 0.244 e. The monoisotopic (exact) mass is 533 g/mol. The molecule has 0 aliphatic heterocycles. The van der Waals surface area contributed by atoms with Crippen molar-refractivity contribution in [2.75, 3.05) is 17.1 Å². The van der Waals surface area contributed by atoms with Crippen molar-refractivity contribution in [3.63, 3.8) is 0 Å². The molecule has 2 aromatic rings. The van der Waals surface area contributed by atoms with Crippen molar-refractivity contribution in [3.8, 4) is 0 Å². The highest BCUT2D eigenvalue weighted by Gasteiger charge is 2.31. The van der Waals surface area contributed by atoms with Crippen molar-refractivity contribution in [2.24, 2.45) is 0 Å². The van der Waals surface area contributed by atoms with Gasteiger partial charge in [-0.05, 0) is 50.6 Å². The summed E-state index contributed by atoms with van der Waals surface area (Å²) < 4.78 is 26.0. The zero-order valence-electron chi connectivity index (χ0n) is 18.7. The molecule has 33 heavy (non-hydrogen) atoms. The molecule has 180 valence electrons. The summed E-state index contributed by atoms with van der Waals surface area (Å²) in [5.41, 5.74) is 0.800. The number of halogens is 3. The lowest BCUT2D eigenvalue weighted by atomic mass is 10.1. The van der Waals surface area contributed by atoms with E-state index in [1.807, 2.05) is 0 Å². The number of carbonyl (C=O) groups excluding carboxylic acids is 2. The Balaban J connectivity index is 2.43. The average Bonchev–Trinajstić information content (AvgIpc) is 2.71. The highest BCUT2D eigenvalue weighted by molar-refractivity contribution is 7.92. The molecule has 7 nitrogen and oxygen atoms in total. The fraction of sp³-hybridized carbons (Fsp3) is 0.364. The molecule has 0 saturated carbocycles. The van der Waals surface area contributed by atoms with Crippen LogP contribution in [0, 0.1) is 0 Å². The number of para-hydroxylation sites is 1. The van der Waals surface area contributed by atoms with E-state index in [0.717, 1.165) is 10.6 Å². The molecular formula is C22H26Cl3N3O4S. The number of carbonyl (C=O) groups is 2. The fourth-order valence-electron chi connectivity index (χ4n) is 3.07. The van der Waals surface area contributed by atoms with Crippen molar-refractivity contribution in [1.29, 1.82) is 0 Å². The van der Waals surface area contributed by atoms with Gasteiger partial charge < -0.3 is 10.2 Å². The van der Waals surface area contributed by atoms with Crippen LogP contribution in [0.3, 0.4) is 0 Å². The zero-order valence-corrected chi connectivity index (χ0v) is 21.8. The second-order valence-corrected chi connectivity index (χ2v) is 11.0. The highest BCUT2D eigenvalue weighted by Crippen LogP contribution is 2.28. The third-order valence-electron chi connectivity index (χ3n) is 4.74. The van der Waals surface area contributed by atoms with Gasteiger partial charge in [-0.3, -0.25) is 13.9 Å². The first-order valence-electron chi connectivity index (χ1n) is 10.1. The van der Waals surface area contributed by atoms with Crippen LogP contribution < -0.4 is 9.62 Å². The maximum atomic E-state index is 13.4. The summed E-state index contributed by atoms with van der Waals surface area (Å²) in [5.74, 6) is -0.958. The maximum Gasteiger partial charge on any atom is 0.244 e. The largest absolute Gasteiger partial charge is 0.352 e. The van der Waals surface area contributed by atoms with Crippen molar-refractivity contribution in [2.45, 2.75) is 39.4 Å². The van der Waals surface area contributed by atoms with Gasteiger partial charge in [0, 0.05) is 12.6 Å². The lowest BCUT2D eigenvalue weighted by Crippen LogP contribution is -2.52. The summed E-state index contributed by atoms with van der Waals surface area (Å²) in [6, 6.07) is 10.2. The molecule has 0 spiro atoms. The van der Waals surface area contributed by atoms with E-state index < -0.39 is 28.5 Å². The van der Waals surface area contributed by atoms with E-state index in [1.54, 1.807) is 51.1 Å². The van der Waals surface area contributed by atoms with Gasteiger partial charge in [0.25, 0.3) is 0 Å². The summed E-state index contributed by atoms with van der Waals surface area (Å²) in [7, 11) is -3.86. The van der Waals surface area contributed by atoms with Crippen LogP contribution in [0.2, 0.25) is 15.1 Å². The lowest BCUT2D eigenvalue weighted by Gasteiger charge is -2.32. The Bertz CT molecular complexity index is 1130. The van der Waals surface area contributed by atoms with E-state index in [1.165, 1.54) is 17.0 Å². The van der Waals surface area contributed by atoms with Gasteiger partial charge in [0.1, 0.15) is 12.6 Å². The molecule has 0 unspecified atom stereocenters. The van der Waals surface area contributed by atoms with Crippen molar-refractivity contribution < 1.29 is 18.0 Å². The standard InChI is InChI=1S/C22H26Cl3N3O4S/c1-14(2)26-22(30)15(3)27(12-16-9-10-17(23)19(25)11-16)21(29)13-28(33(4,31)32)20-8-6-5-7-18(20)24/h5-11,14-15H,12-13H2,1-4H3,(H,26,30)/t15-/m0/s1. The minimum absolute atomic E-state index is 0.0164. The van der Waals surface area contributed by atoms with E-state index in [-0.39, 0.29) is 29.2 Å². The lowest BCUT2D eigenvalue weighted by molar-refractivity contribution is -0.139. The molecule has 0 fully saturated rings. The van der Waals surface area contributed by atoms with Crippen LogP contribution in [0.15, 0.2) is 42.5 Å². The van der Waals surface area contributed by atoms with Gasteiger partial charge >= 0.3 is 0 Å². The Kier molecular flexibility index (Phi) is 9.43. The van der Waals surface area contributed by atoms with Crippen LogP contribution in [0.5, 0.6) is 0 Å². The van der Waals surface area contributed by atoms with Gasteiger partial charge in [0.05, 0.1) is 27.0 Å². The molecule has 1 atom stereocenters. The summed E-state index contributed by atoms with van der Waals surface area (Å²) in [5, 5.41) is 3.61. The molecule has 0 saturated heterocycles. The Labute approximate surface area is 209 Å². The summed E-state index contributed by atoms with van der Waals surface area (Å²) >= 11 is 18.3. The summed E-state index contributed by atoms with van der Waals surface area (Å²) in [6.07, 6.45) is 0.988. The van der Waals surface area contributed by atoms with Gasteiger partial charge in [0.15, 0.2) is 0 Å². The number of nitrogens with zero attached hydrogens (tertiary/aromatic N) is 2. The molecule has 0 heterocycles. The zero-order chi connectivity index (χ0) is 24.9. The quantitative estimate of drug-likeness (QED) is 0.518. The van der Waals surface area contributed by atoms with Crippen LogP contribution >= 0.6 is 34.8 Å². The number of sulfonamides is 1. The minimum atomic E-state index is -3.86. The number of benzene rings is 2. The van der Waals surface area contributed by atoms with Crippen molar-refractivity contribution >= 4 is 62.3 Å². The van der Waals surface area contributed by atoms with Crippen LogP contribution in [-0.4, -0.2) is 50.0 Å². The number of rotatable bonds is 9. The molecule has 2 aromatic carbocycles. The Morgan fingerprint density at radius 2 is 1.61 bits per heavy atom. The molecule has 0 bridgehead atoms. The van der Waals surface area contributed by atoms with Gasteiger partial charge in [-0.2, -0.15) is 0 Å². The second kappa shape index (κ2) is 11.4. The van der Waals surface area contributed by atoms with Gasteiger partial charge in [-0.1, -0.05) is 53.0 Å². The molecule has 2 amide bonds. The van der Waals surface area contributed by atoms with Gasteiger partial charge in [0.2, 0.25) is 21.8 Å². The molecule has 1 N–H and O–H groups in total. The van der Waals surface area contributed by atoms with E-state index in [9.17, 15) is 18.0 Å². The molecule has 11 heteroatoms. The first kappa shape index (κ1) is 27.2. The molecule has 0 radical (unpaired) electrons. The van der Waals surface area contributed by atoms with E-state index in [2.05, 4.69) is 5.32 Å². The number of amides is 2. The molecule has 0 aromatic heterocycles. The third kappa shape index (κ3) is 7.50. The van der Waals surface area contributed by atoms with Gasteiger partial charge in [-0.15, -0.1) is 0 Å². The first-order chi connectivity index (χ1) is 15.3. The number of hydrogen-bond acceptors (Lipinski definition) is 4. The predicted octanol–water partition coefficient (Wildman–Crippen LogP) is 4.35. The van der Waals surface area contributed by atoms with Gasteiger partial charge in [-0.25, -0.2) is 8.42 Å². The number of nitrogens with one attached hydrogen (secondary N) is 1.